The van der Waals surface area contributed by atoms with Crippen molar-refractivity contribution in [3.8, 4) is 5.75 Å². The minimum Gasteiger partial charge on any atom is -0.497 e. The van der Waals surface area contributed by atoms with Crippen molar-refractivity contribution in [1.82, 2.24) is 15.1 Å². The first-order valence-electron chi connectivity index (χ1n) is 10.3. The van der Waals surface area contributed by atoms with Crippen molar-refractivity contribution >= 4 is 28.3 Å². The van der Waals surface area contributed by atoms with Crippen LogP contribution in [0.4, 0.5) is 9.52 Å². The molecule has 7 nitrogen and oxygen atoms in total. The van der Waals surface area contributed by atoms with E-state index in [1.54, 1.807) is 24.1 Å². The van der Waals surface area contributed by atoms with Crippen molar-refractivity contribution in [2.75, 3.05) is 25.5 Å². The highest BCUT2D eigenvalue weighted by atomic mass is 32.1. The molecule has 2 aromatic carbocycles. The van der Waals surface area contributed by atoms with Crippen LogP contribution in [0.15, 0.2) is 48.5 Å². The number of nitrogens with one attached hydrogen (secondary N) is 1. The Morgan fingerprint density at radius 2 is 1.88 bits per heavy atom. The van der Waals surface area contributed by atoms with Crippen LogP contribution in [0.3, 0.4) is 0 Å². The zero-order chi connectivity index (χ0) is 22.5. The maximum Gasteiger partial charge on any atom is 0.231 e. The molecule has 9 heteroatoms. The smallest absolute Gasteiger partial charge is 0.231 e. The SMILES string of the molecule is COc1ccc(Cc2nnc(NC(=O)[C@H]3CC(=O)N(CCc4ccc(F)cc4)C3)s2)cc1. The number of ether oxygens (including phenoxy) is 1. The Kier molecular flexibility index (Phi) is 6.75. The molecule has 32 heavy (non-hydrogen) atoms. The van der Waals surface area contributed by atoms with E-state index in [0.29, 0.717) is 31.1 Å². The first-order chi connectivity index (χ1) is 15.5. The Balaban J connectivity index is 1.28. The van der Waals surface area contributed by atoms with E-state index in [4.69, 9.17) is 4.74 Å². The second-order valence-electron chi connectivity index (χ2n) is 7.63. The molecule has 1 fully saturated rings. The van der Waals surface area contributed by atoms with Gasteiger partial charge in [-0.25, -0.2) is 4.39 Å². The number of carbonyl (C=O) groups is 2. The van der Waals surface area contributed by atoms with Gasteiger partial charge in [0.05, 0.1) is 13.0 Å². The first kappa shape index (κ1) is 21.9. The van der Waals surface area contributed by atoms with Crippen molar-refractivity contribution < 1.29 is 18.7 Å². The summed E-state index contributed by atoms with van der Waals surface area (Å²) in [5, 5.41) is 12.2. The average Bonchev–Trinajstić information content (AvgIpc) is 3.40. The molecule has 0 radical (unpaired) electrons. The number of halogens is 1. The van der Waals surface area contributed by atoms with Gasteiger partial charge in [0.1, 0.15) is 16.6 Å². The fraction of sp³-hybridized carbons (Fsp3) is 0.304. The number of benzene rings is 2. The summed E-state index contributed by atoms with van der Waals surface area (Å²) in [5.41, 5.74) is 2.02. The molecule has 3 aromatic rings. The predicted octanol–water partition coefficient (Wildman–Crippen LogP) is 3.31. The lowest BCUT2D eigenvalue weighted by molar-refractivity contribution is -0.128. The number of methoxy groups -OCH3 is 1. The van der Waals surface area contributed by atoms with E-state index in [0.717, 1.165) is 21.9 Å². The number of amides is 2. The van der Waals surface area contributed by atoms with Crippen molar-refractivity contribution in [2.45, 2.75) is 19.3 Å². The van der Waals surface area contributed by atoms with Crippen molar-refractivity contribution in [1.29, 1.82) is 0 Å². The van der Waals surface area contributed by atoms with Gasteiger partial charge >= 0.3 is 0 Å². The molecule has 0 aliphatic carbocycles. The van der Waals surface area contributed by atoms with E-state index in [2.05, 4.69) is 15.5 Å². The third-order valence-electron chi connectivity index (χ3n) is 5.38. The molecule has 2 amide bonds. The highest BCUT2D eigenvalue weighted by Crippen LogP contribution is 2.23. The Labute approximate surface area is 189 Å². The summed E-state index contributed by atoms with van der Waals surface area (Å²) in [6, 6.07) is 13.9. The first-order valence-corrected chi connectivity index (χ1v) is 11.1. The monoisotopic (exact) mass is 454 g/mol. The topological polar surface area (TPSA) is 84.4 Å². The van der Waals surface area contributed by atoms with Gasteiger partial charge in [0.15, 0.2) is 0 Å². The van der Waals surface area contributed by atoms with E-state index >= 15 is 0 Å². The summed E-state index contributed by atoms with van der Waals surface area (Å²) in [6.45, 7) is 0.864. The van der Waals surface area contributed by atoms with Crippen molar-refractivity contribution in [2.24, 2.45) is 5.92 Å². The van der Waals surface area contributed by atoms with Crippen LogP contribution in [-0.2, 0) is 22.4 Å². The van der Waals surface area contributed by atoms with Crippen molar-refractivity contribution in [3.63, 3.8) is 0 Å². The molecule has 166 valence electrons. The van der Waals surface area contributed by atoms with Gasteiger partial charge in [-0.3, -0.25) is 9.59 Å². The lowest BCUT2D eigenvalue weighted by Gasteiger charge is -2.16. The number of likely N-dealkylation sites (tertiary alicyclic amines) is 1. The number of hydrogen-bond acceptors (Lipinski definition) is 6. The minimum atomic E-state index is -0.426. The summed E-state index contributed by atoms with van der Waals surface area (Å²) in [5.74, 6) is -0.201. The quantitative estimate of drug-likeness (QED) is 0.565. The van der Waals surface area contributed by atoms with Crippen LogP contribution in [-0.4, -0.2) is 47.1 Å². The van der Waals surface area contributed by atoms with Gasteiger partial charge in [0, 0.05) is 25.9 Å². The fourth-order valence-electron chi connectivity index (χ4n) is 3.58. The second-order valence-corrected chi connectivity index (χ2v) is 8.69. The van der Waals surface area contributed by atoms with Crippen molar-refractivity contribution in [3.05, 3.63) is 70.5 Å². The Morgan fingerprint density at radius 1 is 1.16 bits per heavy atom. The maximum absolute atomic E-state index is 13.0. The summed E-state index contributed by atoms with van der Waals surface area (Å²) in [6.07, 6.45) is 1.40. The molecule has 0 saturated carbocycles. The van der Waals surface area contributed by atoms with Gasteiger partial charge in [-0.1, -0.05) is 35.6 Å². The molecule has 1 N–H and O–H groups in total. The van der Waals surface area contributed by atoms with Gasteiger partial charge in [-0.2, -0.15) is 0 Å². The summed E-state index contributed by atoms with van der Waals surface area (Å²) < 4.78 is 18.2. The molecule has 1 aromatic heterocycles. The minimum absolute atomic E-state index is 0.0512. The molecule has 1 aliphatic rings. The summed E-state index contributed by atoms with van der Waals surface area (Å²) in [7, 11) is 1.62. The van der Waals surface area contributed by atoms with E-state index in [1.165, 1.54) is 23.5 Å². The number of anilines is 1. The van der Waals surface area contributed by atoms with Gasteiger partial charge < -0.3 is 15.0 Å². The number of carbonyl (C=O) groups excluding carboxylic acids is 2. The number of rotatable bonds is 8. The normalized spacial score (nSPS) is 15.8. The molecule has 1 atom stereocenters. The predicted molar refractivity (Wildman–Crippen MR) is 119 cm³/mol. The van der Waals surface area contributed by atoms with E-state index < -0.39 is 5.92 Å². The molecule has 1 aliphatic heterocycles. The van der Waals surface area contributed by atoms with Gasteiger partial charge in [-0.05, 0) is 41.8 Å². The third kappa shape index (κ3) is 5.47. The third-order valence-corrected chi connectivity index (χ3v) is 6.22. The lowest BCUT2D eigenvalue weighted by Crippen LogP contribution is -2.30. The molecular weight excluding hydrogens is 431 g/mol. The zero-order valence-electron chi connectivity index (χ0n) is 17.6. The molecular formula is C23H23FN4O3S. The van der Waals surface area contributed by atoms with E-state index in [-0.39, 0.29) is 24.1 Å². The summed E-state index contributed by atoms with van der Waals surface area (Å²) in [4.78, 5) is 26.7. The van der Waals surface area contributed by atoms with Crippen LogP contribution < -0.4 is 10.1 Å². The van der Waals surface area contributed by atoms with E-state index in [9.17, 15) is 14.0 Å². The van der Waals surface area contributed by atoms with Crippen LogP contribution in [0.2, 0.25) is 0 Å². The highest BCUT2D eigenvalue weighted by Gasteiger charge is 2.34. The largest absolute Gasteiger partial charge is 0.497 e. The fourth-order valence-corrected chi connectivity index (χ4v) is 4.36. The van der Waals surface area contributed by atoms with Crippen LogP contribution in [0.5, 0.6) is 5.75 Å². The Morgan fingerprint density at radius 3 is 2.59 bits per heavy atom. The van der Waals surface area contributed by atoms with Crippen LogP contribution in [0.1, 0.15) is 22.6 Å². The van der Waals surface area contributed by atoms with Crippen LogP contribution in [0, 0.1) is 11.7 Å². The molecule has 2 heterocycles. The molecule has 0 spiro atoms. The van der Waals surface area contributed by atoms with Gasteiger partial charge in [0.2, 0.25) is 16.9 Å². The highest BCUT2D eigenvalue weighted by molar-refractivity contribution is 7.15. The Bertz CT molecular complexity index is 1090. The Hall–Kier alpha value is -3.33. The number of nitrogens with zero attached hydrogens (tertiary/aromatic N) is 3. The standard InChI is InChI=1S/C23H23FN4O3S/c1-31-19-8-4-16(5-9-19)12-20-26-27-23(32-20)25-22(30)17-13-21(29)28(14-17)11-10-15-2-6-18(24)7-3-15/h2-9,17H,10-14H2,1H3,(H,25,27,30)/t17-/m0/s1. The van der Waals surface area contributed by atoms with E-state index in [1.807, 2.05) is 24.3 Å². The molecule has 4 rings (SSSR count). The molecule has 1 saturated heterocycles. The molecule has 0 bridgehead atoms. The lowest BCUT2D eigenvalue weighted by atomic mass is 10.1. The maximum atomic E-state index is 13.0. The zero-order valence-corrected chi connectivity index (χ0v) is 18.4. The van der Waals surface area contributed by atoms with Gasteiger partial charge in [-0.15, -0.1) is 10.2 Å². The average molecular weight is 455 g/mol. The van der Waals surface area contributed by atoms with Crippen LogP contribution >= 0.6 is 11.3 Å². The van der Waals surface area contributed by atoms with Crippen LogP contribution in [0.25, 0.3) is 0 Å². The van der Waals surface area contributed by atoms with Gasteiger partial charge in [0.25, 0.3) is 0 Å². The summed E-state index contributed by atoms with van der Waals surface area (Å²) >= 11 is 1.32. The second kappa shape index (κ2) is 9.86. The number of aromatic nitrogens is 2. The molecule has 0 unspecified atom stereocenters. The number of hydrogen-bond donors (Lipinski definition) is 1.